The minimum absolute atomic E-state index is 0. The summed E-state index contributed by atoms with van der Waals surface area (Å²) in [4.78, 5) is 12.0. The third-order valence-corrected chi connectivity index (χ3v) is 3.76. The fourth-order valence-corrected chi connectivity index (χ4v) is 2.17. The Hall–Kier alpha value is -2.31. The number of nitrogens with two attached hydrogens (primary N) is 1. The second-order valence-corrected chi connectivity index (χ2v) is 6.16. The van der Waals surface area contributed by atoms with Gasteiger partial charge in [-0.15, -0.1) is 12.4 Å². The molecule has 0 spiro atoms. The van der Waals surface area contributed by atoms with Crippen molar-refractivity contribution in [3.05, 3.63) is 47.8 Å². The van der Waals surface area contributed by atoms with E-state index in [1.165, 1.54) is 19.2 Å². The van der Waals surface area contributed by atoms with Crippen molar-refractivity contribution in [2.24, 2.45) is 11.7 Å². The predicted molar refractivity (Wildman–Crippen MR) is 103 cm³/mol. The van der Waals surface area contributed by atoms with Crippen molar-refractivity contribution in [2.45, 2.75) is 26.8 Å². The van der Waals surface area contributed by atoms with Crippen molar-refractivity contribution < 1.29 is 18.7 Å². The van der Waals surface area contributed by atoms with Gasteiger partial charge in [0.2, 0.25) is 5.91 Å². The zero-order valence-electron chi connectivity index (χ0n) is 15.2. The van der Waals surface area contributed by atoms with Gasteiger partial charge in [-0.05, 0) is 42.7 Å². The van der Waals surface area contributed by atoms with Gasteiger partial charge in [0, 0.05) is 11.8 Å². The predicted octanol–water partition coefficient (Wildman–Crippen LogP) is 4.28. The third-order valence-electron chi connectivity index (χ3n) is 3.76. The Morgan fingerprint density at radius 1 is 1.12 bits per heavy atom. The van der Waals surface area contributed by atoms with Gasteiger partial charge in [-0.3, -0.25) is 4.79 Å². The van der Waals surface area contributed by atoms with Gasteiger partial charge >= 0.3 is 0 Å². The van der Waals surface area contributed by atoms with E-state index in [0.717, 1.165) is 5.56 Å². The number of halogens is 2. The van der Waals surface area contributed by atoms with Crippen LogP contribution >= 0.6 is 12.4 Å². The van der Waals surface area contributed by atoms with Crippen molar-refractivity contribution in [3.63, 3.8) is 0 Å². The molecular formula is C19H24ClFN2O3. The van der Waals surface area contributed by atoms with Gasteiger partial charge in [-0.2, -0.15) is 0 Å². The van der Waals surface area contributed by atoms with Crippen molar-refractivity contribution in [1.82, 2.24) is 0 Å². The van der Waals surface area contributed by atoms with Gasteiger partial charge < -0.3 is 20.5 Å². The molecule has 1 amide bonds. The zero-order chi connectivity index (χ0) is 18.6. The quantitative estimate of drug-likeness (QED) is 0.782. The number of nitrogens with one attached hydrogen (secondary N) is 1. The van der Waals surface area contributed by atoms with Crippen LogP contribution in [-0.4, -0.2) is 19.1 Å². The number of benzene rings is 2. The van der Waals surface area contributed by atoms with E-state index in [2.05, 4.69) is 5.32 Å². The Morgan fingerprint density at radius 3 is 2.35 bits per heavy atom. The number of ether oxygens (including phenoxy) is 2. The number of carbonyl (C=O) groups is 1. The van der Waals surface area contributed by atoms with Crippen LogP contribution in [0.5, 0.6) is 17.2 Å². The standard InChI is InChI=1S/C19H23FN2O3.ClH/c1-11(2)18(21)19(23)22-13-6-8-15(14(20)10-13)25-16-7-5-12(3)9-17(16)24-4;/h5-11,18H,21H2,1-4H3,(H,22,23);1H/t18-;/m0./s1. The van der Waals surface area contributed by atoms with Gasteiger partial charge in [0.1, 0.15) is 0 Å². The van der Waals surface area contributed by atoms with Crippen molar-refractivity contribution in [1.29, 1.82) is 0 Å². The largest absolute Gasteiger partial charge is 0.493 e. The third kappa shape index (κ3) is 5.34. The first kappa shape index (κ1) is 21.7. The lowest BCUT2D eigenvalue weighted by molar-refractivity contribution is -0.118. The van der Waals surface area contributed by atoms with E-state index < -0.39 is 11.9 Å². The van der Waals surface area contributed by atoms with E-state index in [4.69, 9.17) is 15.2 Å². The number of amides is 1. The fourth-order valence-electron chi connectivity index (χ4n) is 2.17. The normalized spacial score (nSPS) is 11.5. The highest BCUT2D eigenvalue weighted by atomic mass is 35.5. The molecule has 0 saturated carbocycles. The van der Waals surface area contributed by atoms with Crippen LogP contribution in [0.4, 0.5) is 10.1 Å². The minimum atomic E-state index is -0.657. The van der Waals surface area contributed by atoms with Crippen molar-refractivity contribution in [3.8, 4) is 17.2 Å². The summed E-state index contributed by atoms with van der Waals surface area (Å²) in [6.07, 6.45) is 0. The molecule has 1 atom stereocenters. The Labute approximate surface area is 159 Å². The summed E-state index contributed by atoms with van der Waals surface area (Å²) < 4.78 is 25.2. The molecule has 7 heteroatoms. The number of carbonyl (C=O) groups excluding carboxylic acids is 1. The van der Waals surface area contributed by atoms with Crippen LogP contribution in [0.1, 0.15) is 19.4 Å². The van der Waals surface area contributed by atoms with E-state index in [1.807, 2.05) is 26.8 Å². The van der Waals surface area contributed by atoms with E-state index in [0.29, 0.717) is 17.2 Å². The maximum absolute atomic E-state index is 14.3. The highest BCUT2D eigenvalue weighted by molar-refractivity contribution is 5.94. The van der Waals surface area contributed by atoms with E-state index in [1.54, 1.807) is 18.2 Å². The summed E-state index contributed by atoms with van der Waals surface area (Å²) in [5, 5.41) is 2.60. The number of methoxy groups -OCH3 is 1. The van der Waals surface area contributed by atoms with Crippen molar-refractivity contribution >= 4 is 24.0 Å². The Morgan fingerprint density at radius 2 is 1.77 bits per heavy atom. The Kier molecular flexibility index (Phi) is 7.86. The monoisotopic (exact) mass is 382 g/mol. The molecule has 5 nitrogen and oxygen atoms in total. The number of anilines is 1. The van der Waals surface area contributed by atoms with Gasteiger partial charge in [-0.1, -0.05) is 19.9 Å². The molecule has 0 saturated heterocycles. The summed E-state index contributed by atoms with van der Waals surface area (Å²) in [5.74, 6) is -0.0121. The van der Waals surface area contributed by atoms with Crippen LogP contribution in [0.3, 0.4) is 0 Å². The zero-order valence-corrected chi connectivity index (χ0v) is 16.0. The first-order chi connectivity index (χ1) is 11.8. The van der Waals surface area contributed by atoms with E-state index in [9.17, 15) is 9.18 Å². The first-order valence-electron chi connectivity index (χ1n) is 8.00. The SMILES string of the molecule is COc1cc(C)ccc1Oc1ccc(NC(=O)[C@@H](N)C(C)C)cc1F.Cl. The molecule has 142 valence electrons. The molecule has 0 aliphatic heterocycles. The molecule has 3 N–H and O–H groups in total. The van der Waals surface area contributed by atoms with Crippen LogP contribution < -0.4 is 20.5 Å². The Balaban J connectivity index is 0.00000338. The first-order valence-corrected chi connectivity index (χ1v) is 8.00. The molecule has 0 radical (unpaired) electrons. The topological polar surface area (TPSA) is 73.6 Å². The van der Waals surface area contributed by atoms with Gasteiger partial charge in [0.15, 0.2) is 23.1 Å². The smallest absolute Gasteiger partial charge is 0.241 e. The lowest BCUT2D eigenvalue weighted by Crippen LogP contribution is -2.39. The summed E-state index contributed by atoms with van der Waals surface area (Å²) in [5.41, 5.74) is 7.10. The summed E-state index contributed by atoms with van der Waals surface area (Å²) >= 11 is 0. The van der Waals surface area contributed by atoms with Crippen LogP contribution in [0.15, 0.2) is 36.4 Å². The number of aryl methyl sites for hydroxylation is 1. The van der Waals surface area contributed by atoms with Crippen LogP contribution in [0.25, 0.3) is 0 Å². The van der Waals surface area contributed by atoms with Gasteiger partial charge in [-0.25, -0.2) is 4.39 Å². The molecule has 0 fully saturated rings. The summed E-state index contributed by atoms with van der Waals surface area (Å²) in [7, 11) is 1.52. The molecule has 0 unspecified atom stereocenters. The van der Waals surface area contributed by atoms with E-state index >= 15 is 0 Å². The average molecular weight is 383 g/mol. The molecular weight excluding hydrogens is 359 g/mol. The number of hydrogen-bond donors (Lipinski definition) is 2. The molecule has 2 aromatic carbocycles. The maximum Gasteiger partial charge on any atom is 0.241 e. The van der Waals surface area contributed by atoms with Crippen LogP contribution in [0.2, 0.25) is 0 Å². The Bertz CT molecular complexity index is 768. The molecule has 0 bridgehead atoms. The number of rotatable bonds is 6. The number of hydrogen-bond acceptors (Lipinski definition) is 4. The second kappa shape index (κ2) is 9.40. The molecule has 0 heterocycles. The molecule has 2 rings (SSSR count). The van der Waals surface area contributed by atoms with Crippen molar-refractivity contribution in [2.75, 3.05) is 12.4 Å². The highest BCUT2D eigenvalue weighted by Crippen LogP contribution is 2.34. The highest BCUT2D eigenvalue weighted by Gasteiger charge is 2.18. The average Bonchev–Trinajstić information content (AvgIpc) is 2.57. The fraction of sp³-hybridized carbons (Fsp3) is 0.316. The van der Waals surface area contributed by atoms with Gasteiger partial charge in [0.25, 0.3) is 0 Å². The van der Waals surface area contributed by atoms with Crippen LogP contribution in [-0.2, 0) is 4.79 Å². The molecule has 0 aliphatic carbocycles. The maximum atomic E-state index is 14.3. The molecule has 26 heavy (non-hydrogen) atoms. The lowest BCUT2D eigenvalue weighted by atomic mass is 10.0. The summed E-state index contributed by atoms with van der Waals surface area (Å²) in [6, 6.07) is 8.91. The molecule has 2 aromatic rings. The lowest BCUT2D eigenvalue weighted by Gasteiger charge is -2.16. The van der Waals surface area contributed by atoms with Crippen LogP contribution in [0, 0.1) is 18.7 Å². The summed E-state index contributed by atoms with van der Waals surface area (Å²) in [6.45, 7) is 5.61. The minimum Gasteiger partial charge on any atom is -0.493 e. The van der Waals surface area contributed by atoms with Gasteiger partial charge in [0.05, 0.1) is 13.2 Å². The van der Waals surface area contributed by atoms with E-state index in [-0.39, 0.29) is 30.0 Å². The molecule has 0 aromatic heterocycles. The molecule has 0 aliphatic rings. The second-order valence-electron chi connectivity index (χ2n) is 6.16.